The molecule has 1 amide bonds. The number of carbonyl (C=O) groups excluding carboxylic acids is 1. The Kier molecular flexibility index (Phi) is 4.04. The number of benzene rings is 1. The minimum absolute atomic E-state index is 0.0102. The third-order valence-corrected chi connectivity index (χ3v) is 6.07. The SMILES string of the molecule is O=C1C(NC2CCCc3c2cnn3Cc2ccccc2)CCN1C1CC1. The Hall–Kier alpha value is -2.14. The van der Waals surface area contributed by atoms with E-state index in [4.69, 9.17) is 0 Å². The van der Waals surface area contributed by atoms with E-state index in [1.807, 2.05) is 12.3 Å². The monoisotopic (exact) mass is 350 g/mol. The van der Waals surface area contributed by atoms with Gasteiger partial charge in [0.15, 0.2) is 0 Å². The molecule has 5 heteroatoms. The van der Waals surface area contributed by atoms with Crippen molar-refractivity contribution in [3.05, 3.63) is 53.3 Å². The zero-order chi connectivity index (χ0) is 17.5. The Morgan fingerprint density at radius 3 is 2.73 bits per heavy atom. The molecule has 136 valence electrons. The fourth-order valence-corrected chi connectivity index (χ4v) is 4.53. The van der Waals surface area contributed by atoms with Crippen LogP contribution in [0.1, 0.15) is 55.0 Å². The zero-order valence-electron chi connectivity index (χ0n) is 15.1. The molecule has 2 aliphatic carbocycles. The predicted octanol–water partition coefficient (Wildman–Crippen LogP) is 2.66. The minimum Gasteiger partial charge on any atom is -0.338 e. The van der Waals surface area contributed by atoms with Crippen LogP contribution >= 0.6 is 0 Å². The van der Waals surface area contributed by atoms with Crippen LogP contribution in [0.15, 0.2) is 36.5 Å². The molecule has 1 aromatic carbocycles. The van der Waals surface area contributed by atoms with Crippen molar-refractivity contribution in [2.75, 3.05) is 6.54 Å². The first-order chi connectivity index (χ1) is 12.8. The molecule has 1 aliphatic heterocycles. The van der Waals surface area contributed by atoms with Gasteiger partial charge in [-0.2, -0.15) is 5.10 Å². The first-order valence-electron chi connectivity index (χ1n) is 9.94. The maximum Gasteiger partial charge on any atom is 0.240 e. The van der Waals surface area contributed by atoms with Crippen LogP contribution in [-0.2, 0) is 17.8 Å². The van der Waals surface area contributed by atoms with E-state index in [0.717, 1.165) is 38.8 Å². The van der Waals surface area contributed by atoms with E-state index in [-0.39, 0.29) is 12.1 Å². The van der Waals surface area contributed by atoms with Crippen molar-refractivity contribution in [2.45, 2.75) is 63.2 Å². The summed E-state index contributed by atoms with van der Waals surface area (Å²) in [7, 11) is 0. The van der Waals surface area contributed by atoms with Gasteiger partial charge in [0.25, 0.3) is 0 Å². The van der Waals surface area contributed by atoms with Gasteiger partial charge in [-0.1, -0.05) is 30.3 Å². The van der Waals surface area contributed by atoms with Crippen LogP contribution in [0.2, 0.25) is 0 Å². The van der Waals surface area contributed by atoms with Gasteiger partial charge >= 0.3 is 0 Å². The van der Waals surface area contributed by atoms with Crippen LogP contribution in [-0.4, -0.2) is 39.2 Å². The standard InChI is InChI=1S/C21H26N4O/c26-21-19(11-12-24(21)16-9-10-16)23-18-7-4-8-20-17(18)13-22-25(20)14-15-5-2-1-3-6-15/h1-3,5-6,13,16,18-19,23H,4,7-12,14H2. The lowest BCUT2D eigenvalue weighted by molar-refractivity contribution is -0.130. The van der Waals surface area contributed by atoms with E-state index < -0.39 is 0 Å². The first kappa shape index (κ1) is 16.1. The fraction of sp³-hybridized carbons (Fsp3) is 0.524. The first-order valence-corrected chi connectivity index (χ1v) is 9.94. The largest absolute Gasteiger partial charge is 0.338 e. The highest BCUT2D eigenvalue weighted by molar-refractivity contribution is 5.84. The molecular formula is C21H26N4O. The van der Waals surface area contributed by atoms with Gasteiger partial charge < -0.3 is 4.90 Å². The highest BCUT2D eigenvalue weighted by atomic mass is 16.2. The molecule has 5 rings (SSSR count). The molecule has 26 heavy (non-hydrogen) atoms. The van der Waals surface area contributed by atoms with Crippen LogP contribution in [0.4, 0.5) is 0 Å². The van der Waals surface area contributed by atoms with Crippen molar-refractivity contribution in [3.63, 3.8) is 0 Å². The second-order valence-electron chi connectivity index (χ2n) is 7.91. The van der Waals surface area contributed by atoms with E-state index in [9.17, 15) is 4.79 Å². The average molecular weight is 350 g/mol. The van der Waals surface area contributed by atoms with E-state index in [2.05, 4.69) is 44.3 Å². The summed E-state index contributed by atoms with van der Waals surface area (Å²) in [6, 6.07) is 11.3. The normalized spacial score (nSPS) is 25.5. The molecular weight excluding hydrogens is 324 g/mol. The van der Waals surface area contributed by atoms with Crippen molar-refractivity contribution < 1.29 is 4.79 Å². The van der Waals surface area contributed by atoms with E-state index in [0.29, 0.717) is 11.9 Å². The number of likely N-dealkylation sites (tertiary alicyclic amines) is 1. The van der Waals surface area contributed by atoms with Crippen molar-refractivity contribution in [1.82, 2.24) is 20.0 Å². The van der Waals surface area contributed by atoms with Gasteiger partial charge in [0.2, 0.25) is 5.91 Å². The highest BCUT2D eigenvalue weighted by Gasteiger charge is 2.41. The van der Waals surface area contributed by atoms with Crippen molar-refractivity contribution >= 4 is 5.91 Å². The maximum atomic E-state index is 12.7. The summed E-state index contributed by atoms with van der Waals surface area (Å²) in [5.41, 5.74) is 3.91. The van der Waals surface area contributed by atoms with Crippen molar-refractivity contribution in [3.8, 4) is 0 Å². The predicted molar refractivity (Wildman–Crippen MR) is 99.7 cm³/mol. The number of nitrogens with one attached hydrogen (secondary N) is 1. The number of aromatic nitrogens is 2. The molecule has 5 nitrogen and oxygen atoms in total. The number of nitrogens with zero attached hydrogens (tertiary/aromatic N) is 3. The lowest BCUT2D eigenvalue weighted by Crippen LogP contribution is -2.41. The summed E-state index contributed by atoms with van der Waals surface area (Å²) in [6.45, 7) is 1.74. The number of rotatable bonds is 5. The van der Waals surface area contributed by atoms with Crippen molar-refractivity contribution in [2.24, 2.45) is 0 Å². The highest BCUT2D eigenvalue weighted by Crippen LogP contribution is 2.34. The maximum absolute atomic E-state index is 12.7. The summed E-state index contributed by atoms with van der Waals surface area (Å²) in [4.78, 5) is 14.8. The summed E-state index contributed by atoms with van der Waals surface area (Å²) < 4.78 is 2.14. The summed E-state index contributed by atoms with van der Waals surface area (Å²) in [5.74, 6) is 0.316. The van der Waals surface area contributed by atoms with Crippen LogP contribution in [0, 0.1) is 0 Å². The lowest BCUT2D eigenvalue weighted by atomic mass is 9.92. The fourth-order valence-electron chi connectivity index (χ4n) is 4.53. The number of carbonyl (C=O) groups is 1. The van der Waals surface area contributed by atoms with E-state index in [1.54, 1.807) is 0 Å². The molecule has 1 aromatic heterocycles. The Bertz CT molecular complexity index is 796. The summed E-state index contributed by atoms with van der Waals surface area (Å²) >= 11 is 0. The van der Waals surface area contributed by atoms with Gasteiger partial charge in [-0.05, 0) is 44.1 Å². The van der Waals surface area contributed by atoms with Gasteiger partial charge in [-0.25, -0.2) is 0 Å². The Morgan fingerprint density at radius 1 is 1.08 bits per heavy atom. The van der Waals surface area contributed by atoms with E-state index >= 15 is 0 Å². The van der Waals surface area contributed by atoms with Gasteiger partial charge in [-0.15, -0.1) is 0 Å². The third kappa shape index (κ3) is 2.94. The Balaban J connectivity index is 1.31. The zero-order valence-corrected chi connectivity index (χ0v) is 15.1. The molecule has 2 fully saturated rings. The van der Waals surface area contributed by atoms with Gasteiger partial charge in [-0.3, -0.25) is 14.8 Å². The van der Waals surface area contributed by atoms with Crippen LogP contribution in [0.25, 0.3) is 0 Å². The Labute approximate surface area is 154 Å². The van der Waals surface area contributed by atoms with E-state index in [1.165, 1.54) is 29.7 Å². The van der Waals surface area contributed by atoms with Gasteiger partial charge in [0.1, 0.15) is 0 Å². The minimum atomic E-state index is -0.0102. The smallest absolute Gasteiger partial charge is 0.240 e. The van der Waals surface area contributed by atoms with Gasteiger partial charge in [0.05, 0.1) is 18.8 Å². The van der Waals surface area contributed by atoms with Gasteiger partial charge in [0, 0.05) is 29.9 Å². The number of fused-ring (bicyclic) bond motifs is 1. The molecule has 1 saturated carbocycles. The Morgan fingerprint density at radius 2 is 1.92 bits per heavy atom. The lowest BCUT2D eigenvalue weighted by Gasteiger charge is -2.27. The second-order valence-corrected chi connectivity index (χ2v) is 7.91. The molecule has 2 aromatic rings. The summed E-state index contributed by atoms with van der Waals surface area (Å²) in [5, 5.41) is 8.34. The molecule has 1 N–H and O–H groups in total. The second kappa shape index (κ2) is 6.54. The number of hydrogen-bond donors (Lipinski definition) is 1. The third-order valence-electron chi connectivity index (χ3n) is 6.07. The molecule has 0 spiro atoms. The van der Waals surface area contributed by atoms with Crippen molar-refractivity contribution in [1.29, 1.82) is 0 Å². The topological polar surface area (TPSA) is 50.2 Å². The number of amides is 1. The number of hydrogen-bond acceptors (Lipinski definition) is 3. The summed E-state index contributed by atoms with van der Waals surface area (Å²) in [6.07, 6.45) is 8.67. The molecule has 0 radical (unpaired) electrons. The average Bonchev–Trinajstić information content (AvgIpc) is 3.33. The van der Waals surface area contributed by atoms with Crippen LogP contribution < -0.4 is 5.32 Å². The molecule has 2 heterocycles. The molecule has 0 bridgehead atoms. The quantitative estimate of drug-likeness (QED) is 0.902. The molecule has 2 unspecified atom stereocenters. The molecule has 2 atom stereocenters. The molecule has 1 saturated heterocycles. The molecule has 3 aliphatic rings. The van der Waals surface area contributed by atoms with Crippen LogP contribution in [0.3, 0.4) is 0 Å². The van der Waals surface area contributed by atoms with Crippen LogP contribution in [0.5, 0.6) is 0 Å².